The lowest BCUT2D eigenvalue weighted by Gasteiger charge is -2.26. The molecule has 0 saturated heterocycles. The summed E-state index contributed by atoms with van der Waals surface area (Å²) in [5, 5.41) is 11.0. The van der Waals surface area contributed by atoms with E-state index in [1.165, 1.54) is 16.0 Å². The van der Waals surface area contributed by atoms with Gasteiger partial charge in [-0.1, -0.05) is 36.0 Å². The maximum Gasteiger partial charge on any atom is 0.417 e. The molecule has 9 heteroatoms. The van der Waals surface area contributed by atoms with E-state index in [4.69, 9.17) is 0 Å². The number of carbonyl (C=O) groups is 1. The summed E-state index contributed by atoms with van der Waals surface area (Å²) in [5.41, 5.74) is 1.90. The van der Waals surface area contributed by atoms with E-state index in [1.54, 1.807) is 0 Å². The number of nitrogens with one attached hydrogen (secondary N) is 1. The van der Waals surface area contributed by atoms with Crippen LogP contribution in [0, 0.1) is 0 Å². The number of rotatable bonds is 4. The Morgan fingerprint density at radius 3 is 2.86 bits per heavy atom. The molecule has 1 aliphatic carbocycles. The van der Waals surface area contributed by atoms with Crippen molar-refractivity contribution in [3.05, 3.63) is 59.3 Å². The summed E-state index contributed by atoms with van der Waals surface area (Å²) in [6.45, 7) is 0. The predicted molar refractivity (Wildman–Crippen MR) is 99.0 cm³/mol. The van der Waals surface area contributed by atoms with Crippen molar-refractivity contribution in [2.75, 3.05) is 5.75 Å². The number of thioether (sulfide) groups is 1. The minimum absolute atomic E-state index is 0.0370. The molecule has 1 aliphatic rings. The van der Waals surface area contributed by atoms with Crippen LogP contribution in [0.25, 0.3) is 5.65 Å². The van der Waals surface area contributed by atoms with Gasteiger partial charge in [-0.25, -0.2) is 0 Å². The molecule has 0 bridgehead atoms. The molecular weight excluding hydrogens is 389 g/mol. The normalized spacial score (nSPS) is 16.8. The molecule has 0 fully saturated rings. The summed E-state index contributed by atoms with van der Waals surface area (Å²) in [6, 6.07) is 10.2. The Morgan fingerprint density at radius 2 is 2.04 bits per heavy atom. The van der Waals surface area contributed by atoms with Crippen molar-refractivity contribution >= 4 is 23.3 Å². The van der Waals surface area contributed by atoms with Crippen molar-refractivity contribution in [1.82, 2.24) is 19.9 Å². The van der Waals surface area contributed by atoms with Crippen LogP contribution >= 0.6 is 11.8 Å². The smallest absolute Gasteiger partial charge is 0.349 e. The SMILES string of the molecule is O=C(CSc1nnc2ccc(C(F)(F)F)cn12)NC1CCCc2ccccc21. The van der Waals surface area contributed by atoms with E-state index < -0.39 is 11.7 Å². The molecule has 1 N–H and O–H groups in total. The van der Waals surface area contributed by atoms with Gasteiger partial charge in [0.05, 0.1) is 17.4 Å². The minimum atomic E-state index is -4.45. The molecule has 2 aromatic heterocycles. The molecule has 4 rings (SSSR count). The summed E-state index contributed by atoms with van der Waals surface area (Å²) >= 11 is 1.06. The van der Waals surface area contributed by atoms with Crippen LogP contribution < -0.4 is 5.32 Å². The highest BCUT2D eigenvalue weighted by Gasteiger charge is 2.31. The number of halogens is 3. The van der Waals surface area contributed by atoms with E-state index in [9.17, 15) is 18.0 Å². The second-order valence-electron chi connectivity index (χ2n) is 6.63. The van der Waals surface area contributed by atoms with Gasteiger partial charge in [0.2, 0.25) is 5.91 Å². The largest absolute Gasteiger partial charge is 0.417 e. The third-order valence-electron chi connectivity index (χ3n) is 4.74. The third-order valence-corrected chi connectivity index (χ3v) is 5.68. The Balaban J connectivity index is 1.44. The summed E-state index contributed by atoms with van der Waals surface area (Å²) < 4.78 is 40.0. The molecule has 28 heavy (non-hydrogen) atoms. The topological polar surface area (TPSA) is 59.3 Å². The van der Waals surface area contributed by atoms with Gasteiger partial charge in [0.1, 0.15) is 0 Å². The summed E-state index contributed by atoms with van der Waals surface area (Å²) in [5.74, 6) is -0.133. The third kappa shape index (κ3) is 3.84. The summed E-state index contributed by atoms with van der Waals surface area (Å²) in [6.07, 6.45) is -0.621. The first-order valence-electron chi connectivity index (χ1n) is 8.84. The lowest BCUT2D eigenvalue weighted by atomic mass is 9.88. The van der Waals surface area contributed by atoms with Crippen molar-refractivity contribution in [3.8, 4) is 0 Å². The number of aryl methyl sites for hydroxylation is 1. The predicted octanol–water partition coefficient (Wildman–Crippen LogP) is 4.03. The number of amides is 1. The quantitative estimate of drug-likeness (QED) is 0.665. The van der Waals surface area contributed by atoms with E-state index in [0.717, 1.165) is 48.9 Å². The number of benzene rings is 1. The van der Waals surface area contributed by atoms with E-state index in [-0.39, 0.29) is 22.9 Å². The van der Waals surface area contributed by atoms with E-state index in [2.05, 4.69) is 21.6 Å². The van der Waals surface area contributed by atoms with Crippen molar-refractivity contribution in [2.24, 2.45) is 0 Å². The summed E-state index contributed by atoms with van der Waals surface area (Å²) in [4.78, 5) is 12.4. The number of hydrogen-bond acceptors (Lipinski definition) is 4. The van der Waals surface area contributed by atoms with Crippen molar-refractivity contribution in [3.63, 3.8) is 0 Å². The zero-order valence-electron chi connectivity index (χ0n) is 14.7. The van der Waals surface area contributed by atoms with Crippen LogP contribution in [-0.2, 0) is 17.4 Å². The van der Waals surface area contributed by atoms with Crippen LogP contribution in [0.5, 0.6) is 0 Å². The van der Waals surface area contributed by atoms with Crippen LogP contribution in [-0.4, -0.2) is 26.3 Å². The highest BCUT2D eigenvalue weighted by Crippen LogP contribution is 2.31. The molecule has 0 spiro atoms. The minimum Gasteiger partial charge on any atom is -0.349 e. The molecular formula is C19H17F3N4OS. The highest BCUT2D eigenvalue weighted by molar-refractivity contribution is 7.99. The maximum absolute atomic E-state index is 12.9. The number of carbonyl (C=O) groups excluding carboxylic acids is 1. The molecule has 3 aromatic rings. The van der Waals surface area contributed by atoms with Gasteiger partial charge < -0.3 is 5.32 Å². The Morgan fingerprint density at radius 1 is 1.21 bits per heavy atom. The van der Waals surface area contributed by atoms with Gasteiger partial charge in [0.25, 0.3) is 0 Å². The van der Waals surface area contributed by atoms with Crippen molar-refractivity contribution in [1.29, 1.82) is 0 Å². The number of nitrogens with zero attached hydrogens (tertiary/aromatic N) is 3. The Labute approximate surface area is 163 Å². The van der Waals surface area contributed by atoms with Crippen LogP contribution in [0.4, 0.5) is 13.2 Å². The number of hydrogen-bond donors (Lipinski definition) is 1. The fourth-order valence-corrected chi connectivity index (χ4v) is 4.13. The number of aromatic nitrogens is 3. The lowest BCUT2D eigenvalue weighted by Crippen LogP contribution is -2.32. The molecule has 5 nitrogen and oxygen atoms in total. The van der Waals surface area contributed by atoms with Gasteiger partial charge in [-0.15, -0.1) is 10.2 Å². The molecule has 0 aliphatic heterocycles. The van der Waals surface area contributed by atoms with Crippen LogP contribution in [0.15, 0.2) is 47.8 Å². The molecule has 1 atom stereocenters. The first kappa shape index (κ1) is 18.8. The molecule has 0 radical (unpaired) electrons. The standard InChI is InChI=1S/C19H17F3N4OS/c20-19(21,22)13-8-9-16-24-25-18(26(16)10-13)28-11-17(27)23-15-7-3-5-12-4-1-2-6-14(12)15/h1-2,4,6,8-10,15H,3,5,7,11H2,(H,23,27). The molecule has 1 unspecified atom stereocenters. The maximum atomic E-state index is 12.9. The highest BCUT2D eigenvalue weighted by atomic mass is 32.2. The van der Waals surface area contributed by atoms with Crippen LogP contribution in [0.1, 0.15) is 35.6 Å². The number of pyridine rings is 1. The summed E-state index contributed by atoms with van der Waals surface area (Å²) in [7, 11) is 0. The van der Waals surface area contributed by atoms with Crippen LogP contribution in [0.3, 0.4) is 0 Å². The molecule has 2 heterocycles. The average Bonchev–Trinajstić information content (AvgIpc) is 3.08. The van der Waals surface area contributed by atoms with Gasteiger partial charge >= 0.3 is 6.18 Å². The molecule has 0 saturated carbocycles. The van der Waals surface area contributed by atoms with Gasteiger partial charge in [0, 0.05) is 6.20 Å². The molecule has 1 aromatic carbocycles. The van der Waals surface area contributed by atoms with E-state index in [1.807, 2.05) is 18.2 Å². The average molecular weight is 406 g/mol. The second-order valence-corrected chi connectivity index (χ2v) is 7.57. The number of alkyl halides is 3. The fraction of sp³-hybridized carbons (Fsp3) is 0.316. The molecule has 1 amide bonds. The zero-order chi connectivity index (χ0) is 19.7. The fourth-order valence-electron chi connectivity index (χ4n) is 3.41. The first-order valence-corrected chi connectivity index (χ1v) is 9.82. The zero-order valence-corrected chi connectivity index (χ0v) is 15.6. The van der Waals surface area contributed by atoms with Gasteiger partial charge in [-0.2, -0.15) is 13.2 Å². The van der Waals surface area contributed by atoms with Crippen molar-refractivity contribution in [2.45, 2.75) is 36.6 Å². The second kappa shape index (κ2) is 7.46. The van der Waals surface area contributed by atoms with Crippen molar-refractivity contribution < 1.29 is 18.0 Å². The lowest BCUT2D eigenvalue weighted by molar-refractivity contribution is -0.137. The molecule has 146 valence electrons. The van der Waals surface area contributed by atoms with Gasteiger partial charge in [-0.3, -0.25) is 9.20 Å². The monoisotopic (exact) mass is 406 g/mol. The van der Waals surface area contributed by atoms with Gasteiger partial charge in [0.15, 0.2) is 10.8 Å². The first-order chi connectivity index (χ1) is 13.4. The Kier molecular flexibility index (Phi) is 5.01. The number of fused-ring (bicyclic) bond motifs is 2. The van der Waals surface area contributed by atoms with E-state index >= 15 is 0 Å². The Bertz CT molecular complexity index is 1020. The van der Waals surface area contributed by atoms with E-state index in [0.29, 0.717) is 5.65 Å². The Hall–Kier alpha value is -2.55. The van der Waals surface area contributed by atoms with Crippen LogP contribution in [0.2, 0.25) is 0 Å². The van der Waals surface area contributed by atoms with Gasteiger partial charge in [-0.05, 0) is 42.5 Å².